The van der Waals surface area contributed by atoms with Gasteiger partial charge in [0.25, 0.3) is 0 Å². The third-order valence-corrected chi connectivity index (χ3v) is 3.25. The number of hydrogen-bond donors (Lipinski definition) is 0. The zero-order chi connectivity index (χ0) is 15.4. The van der Waals surface area contributed by atoms with Crippen LogP contribution in [0.1, 0.15) is 27.4 Å². The summed E-state index contributed by atoms with van der Waals surface area (Å²) in [6.45, 7) is 2.52. The molecule has 0 unspecified atom stereocenters. The predicted octanol–water partition coefficient (Wildman–Crippen LogP) is 3.73. The predicted molar refractivity (Wildman–Crippen MR) is 84.6 cm³/mol. The van der Waals surface area contributed by atoms with E-state index in [0.717, 1.165) is 11.3 Å². The van der Waals surface area contributed by atoms with Crippen molar-refractivity contribution >= 4 is 11.9 Å². The number of aryl methyl sites for hydroxylation is 1. The van der Waals surface area contributed by atoms with Gasteiger partial charge in [0.2, 0.25) is 5.78 Å². The quantitative estimate of drug-likeness (QED) is 0.532. The number of nitrogens with zero attached hydrogens (tertiary/aromatic N) is 2. The van der Waals surface area contributed by atoms with Crippen LogP contribution in [0.4, 0.5) is 0 Å². The standard InChI is InChI=1S/C18H16N2O2/c1-14-7-10-18(22-14)17(21)9-8-16-11-19-20(13-16)12-15-5-3-2-4-6-15/h2-11,13H,12H2,1H3/b9-8+. The van der Waals surface area contributed by atoms with Gasteiger partial charge in [0.05, 0.1) is 12.7 Å². The second-order valence-corrected chi connectivity index (χ2v) is 5.06. The van der Waals surface area contributed by atoms with E-state index in [1.54, 1.807) is 24.4 Å². The molecule has 0 atom stereocenters. The summed E-state index contributed by atoms with van der Waals surface area (Å²) in [5, 5.41) is 4.30. The Hall–Kier alpha value is -2.88. The summed E-state index contributed by atoms with van der Waals surface area (Å²) in [7, 11) is 0. The van der Waals surface area contributed by atoms with Crippen LogP contribution in [-0.2, 0) is 6.54 Å². The number of allylic oxidation sites excluding steroid dienone is 1. The van der Waals surface area contributed by atoms with Crippen molar-refractivity contribution in [1.29, 1.82) is 0 Å². The molecule has 0 N–H and O–H groups in total. The fraction of sp³-hybridized carbons (Fsp3) is 0.111. The number of aromatic nitrogens is 2. The fourth-order valence-electron chi connectivity index (χ4n) is 2.14. The Kier molecular flexibility index (Phi) is 4.01. The molecule has 0 bridgehead atoms. The number of benzene rings is 1. The van der Waals surface area contributed by atoms with Crippen molar-refractivity contribution in [2.24, 2.45) is 0 Å². The molecule has 0 aliphatic carbocycles. The Morgan fingerprint density at radius 2 is 2.05 bits per heavy atom. The van der Waals surface area contributed by atoms with Crippen LogP contribution in [0.5, 0.6) is 0 Å². The van der Waals surface area contributed by atoms with Gasteiger partial charge in [-0.15, -0.1) is 0 Å². The van der Waals surface area contributed by atoms with E-state index in [1.807, 2.05) is 36.0 Å². The fourth-order valence-corrected chi connectivity index (χ4v) is 2.14. The molecule has 0 saturated carbocycles. The van der Waals surface area contributed by atoms with E-state index in [-0.39, 0.29) is 5.78 Å². The molecule has 0 spiro atoms. The molecule has 3 rings (SSSR count). The van der Waals surface area contributed by atoms with E-state index in [0.29, 0.717) is 12.3 Å². The highest BCUT2D eigenvalue weighted by atomic mass is 16.3. The van der Waals surface area contributed by atoms with Crippen LogP contribution in [0.15, 0.2) is 65.4 Å². The Balaban J connectivity index is 1.66. The van der Waals surface area contributed by atoms with Gasteiger partial charge in [-0.05, 0) is 36.8 Å². The highest BCUT2D eigenvalue weighted by Gasteiger charge is 2.06. The first-order valence-electron chi connectivity index (χ1n) is 7.06. The Morgan fingerprint density at radius 3 is 2.77 bits per heavy atom. The van der Waals surface area contributed by atoms with Crippen LogP contribution in [0.3, 0.4) is 0 Å². The van der Waals surface area contributed by atoms with Crippen LogP contribution >= 0.6 is 0 Å². The topological polar surface area (TPSA) is 48.0 Å². The Morgan fingerprint density at radius 1 is 1.23 bits per heavy atom. The van der Waals surface area contributed by atoms with Gasteiger partial charge in [0.1, 0.15) is 5.76 Å². The van der Waals surface area contributed by atoms with Crippen LogP contribution < -0.4 is 0 Å². The highest BCUT2D eigenvalue weighted by molar-refractivity contribution is 6.04. The Bertz CT molecular complexity index is 797. The molecule has 4 nitrogen and oxygen atoms in total. The van der Waals surface area contributed by atoms with Crippen molar-refractivity contribution in [1.82, 2.24) is 9.78 Å². The van der Waals surface area contributed by atoms with Crippen molar-refractivity contribution in [2.45, 2.75) is 13.5 Å². The maximum atomic E-state index is 11.9. The van der Waals surface area contributed by atoms with Crippen molar-refractivity contribution in [3.05, 3.63) is 83.6 Å². The molecule has 0 fully saturated rings. The van der Waals surface area contributed by atoms with Gasteiger partial charge in [-0.1, -0.05) is 30.3 Å². The number of hydrogen-bond acceptors (Lipinski definition) is 3. The minimum Gasteiger partial charge on any atom is -0.458 e. The van der Waals surface area contributed by atoms with Gasteiger partial charge in [-0.2, -0.15) is 5.10 Å². The first-order valence-corrected chi connectivity index (χ1v) is 7.06. The summed E-state index contributed by atoms with van der Waals surface area (Å²) in [4.78, 5) is 11.9. The number of furan rings is 1. The van der Waals surface area contributed by atoms with E-state index >= 15 is 0 Å². The van der Waals surface area contributed by atoms with Crippen molar-refractivity contribution in [3.8, 4) is 0 Å². The van der Waals surface area contributed by atoms with Crippen LogP contribution in [0.25, 0.3) is 6.08 Å². The second kappa shape index (κ2) is 6.26. The van der Waals surface area contributed by atoms with E-state index < -0.39 is 0 Å². The smallest absolute Gasteiger partial charge is 0.221 e. The minimum atomic E-state index is -0.149. The normalized spacial score (nSPS) is 11.1. The average molecular weight is 292 g/mol. The third kappa shape index (κ3) is 3.41. The molecular weight excluding hydrogens is 276 g/mol. The second-order valence-electron chi connectivity index (χ2n) is 5.06. The van der Waals surface area contributed by atoms with Gasteiger partial charge >= 0.3 is 0 Å². The van der Waals surface area contributed by atoms with Crippen molar-refractivity contribution in [2.75, 3.05) is 0 Å². The molecular formula is C18H16N2O2. The molecule has 0 amide bonds. The largest absolute Gasteiger partial charge is 0.458 e. The monoisotopic (exact) mass is 292 g/mol. The molecule has 4 heteroatoms. The van der Waals surface area contributed by atoms with E-state index in [9.17, 15) is 4.79 Å². The lowest BCUT2D eigenvalue weighted by Crippen LogP contribution is -1.99. The zero-order valence-corrected chi connectivity index (χ0v) is 12.3. The third-order valence-electron chi connectivity index (χ3n) is 3.25. The van der Waals surface area contributed by atoms with Crippen molar-refractivity contribution < 1.29 is 9.21 Å². The lowest BCUT2D eigenvalue weighted by Gasteiger charge is -2.00. The molecule has 3 aromatic rings. The van der Waals surface area contributed by atoms with E-state index in [4.69, 9.17) is 4.42 Å². The van der Waals surface area contributed by atoms with Crippen LogP contribution in [0.2, 0.25) is 0 Å². The highest BCUT2D eigenvalue weighted by Crippen LogP contribution is 2.10. The average Bonchev–Trinajstić information content (AvgIpc) is 3.15. The molecule has 0 radical (unpaired) electrons. The SMILES string of the molecule is Cc1ccc(C(=O)/C=C/c2cnn(Cc3ccccc3)c2)o1. The van der Waals surface area contributed by atoms with Gasteiger partial charge in [-0.25, -0.2) is 0 Å². The maximum Gasteiger partial charge on any atom is 0.221 e. The molecule has 0 saturated heterocycles. The molecule has 22 heavy (non-hydrogen) atoms. The van der Waals surface area contributed by atoms with Gasteiger partial charge in [0.15, 0.2) is 5.76 Å². The summed E-state index contributed by atoms with van der Waals surface area (Å²) in [5.41, 5.74) is 2.07. The van der Waals surface area contributed by atoms with Gasteiger partial charge in [-0.3, -0.25) is 9.48 Å². The maximum absolute atomic E-state index is 11.9. The summed E-state index contributed by atoms with van der Waals surface area (Å²) in [6.07, 6.45) is 6.89. The summed E-state index contributed by atoms with van der Waals surface area (Å²) in [5.74, 6) is 0.932. The molecule has 0 aliphatic heterocycles. The number of carbonyl (C=O) groups is 1. The first-order chi connectivity index (χ1) is 10.7. The van der Waals surface area contributed by atoms with Gasteiger partial charge in [0, 0.05) is 11.8 Å². The zero-order valence-electron chi connectivity index (χ0n) is 12.3. The minimum absolute atomic E-state index is 0.149. The van der Waals surface area contributed by atoms with E-state index in [2.05, 4.69) is 17.2 Å². The molecule has 2 heterocycles. The molecule has 110 valence electrons. The van der Waals surface area contributed by atoms with Crippen molar-refractivity contribution in [3.63, 3.8) is 0 Å². The molecule has 2 aromatic heterocycles. The molecule has 0 aliphatic rings. The summed E-state index contributed by atoms with van der Waals surface area (Å²) < 4.78 is 7.14. The molecule has 1 aromatic carbocycles. The first kappa shape index (κ1) is 14.1. The number of rotatable bonds is 5. The van der Waals surface area contributed by atoms with Crippen LogP contribution in [-0.4, -0.2) is 15.6 Å². The lowest BCUT2D eigenvalue weighted by molar-refractivity contribution is 0.102. The lowest BCUT2D eigenvalue weighted by atomic mass is 10.2. The number of carbonyl (C=O) groups excluding carboxylic acids is 1. The van der Waals surface area contributed by atoms with Crippen LogP contribution in [0, 0.1) is 6.92 Å². The Labute approximate surface area is 128 Å². The van der Waals surface area contributed by atoms with E-state index in [1.165, 1.54) is 11.6 Å². The van der Waals surface area contributed by atoms with Gasteiger partial charge < -0.3 is 4.42 Å². The summed E-state index contributed by atoms with van der Waals surface area (Å²) in [6, 6.07) is 13.6. The number of ketones is 1. The summed E-state index contributed by atoms with van der Waals surface area (Å²) >= 11 is 0.